The molecule has 0 aromatic heterocycles. The van der Waals surface area contributed by atoms with Gasteiger partial charge in [-0.05, 0) is 18.6 Å². The molecule has 0 bridgehead atoms. The molecule has 0 aliphatic carbocycles. The van der Waals surface area contributed by atoms with E-state index in [1.807, 2.05) is 0 Å². The first-order valence-corrected chi connectivity index (χ1v) is 9.12. The Hall–Kier alpha value is -2.62. The first-order chi connectivity index (χ1) is 11.8. The second-order valence-corrected chi connectivity index (χ2v) is 7.63. The van der Waals surface area contributed by atoms with Crippen LogP contribution in [0.3, 0.4) is 0 Å². The summed E-state index contributed by atoms with van der Waals surface area (Å²) in [5, 5.41) is 13.1. The fraction of sp³-hybridized carbons (Fsp3) is 0.400. The predicted molar refractivity (Wildman–Crippen MR) is 89.0 cm³/mol. The second-order valence-electron chi connectivity index (χ2n) is 5.40. The molecule has 2 N–H and O–H groups in total. The number of rotatable bonds is 6. The number of ether oxygens (including phenoxy) is 2. The minimum absolute atomic E-state index is 0.0202. The Morgan fingerprint density at radius 1 is 1.32 bits per heavy atom. The van der Waals surface area contributed by atoms with Gasteiger partial charge in [-0.1, -0.05) is 0 Å². The summed E-state index contributed by atoms with van der Waals surface area (Å²) < 4.78 is 32.9. The van der Waals surface area contributed by atoms with Crippen LogP contribution in [0.4, 0.5) is 0 Å². The molecule has 2 rings (SSSR count). The normalized spacial score (nSPS) is 18.9. The van der Waals surface area contributed by atoms with E-state index < -0.39 is 27.6 Å². The molecule has 1 heterocycles. The molecule has 136 valence electrons. The molecule has 1 aliphatic heterocycles. The first kappa shape index (κ1) is 18.7. The first-order valence-electron chi connectivity index (χ1n) is 7.30. The summed E-state index contributed by atoms with van der Waals surface area (Å²) in [6.45, 7) is 0. The van der Waals surface area contributed by atoms with Gasteiger partial charge in [0.2, 0.25) is 5.91 Å². The summed E-state index contributed by atoms with van der Waals surface area (Å²) in [7, 11) is -0.478. The Balaban J connectivity index is 2.18. The van der Waals surface area contributed by atoms with E-state index in [0.29, 0.717) is 0 Å². The smallest absolute Gasteiger partial charge is 0.340 e. The van der Waals surface area contributed by atoms with Gasteiger partial charge in [0.1, 0.15) is 5.56 Å². The summed E-state index contributed by atoms with van der Waals surface area (Å²) in [5.74, 6) is -2.35. The molecule has 0 spiro atoms. The van der Waals surface area contributed by atoms with E-state index in [-0.39, 0.29) is 40.6 Å². The van der Waals surface area contributed by atoms with Gasteiger partial charge in [0, 0.05) is 5.56 Å². The van der Waals surface area contributed by atoms with E-state index >= 15 is 0 Å². The maximum atomic E-state index is 11.9. The number of carbonyl (C=O) groups excluding carboxylic acids is 1. The summed E-state index contributed by atoms with van der Waals surface area (Å²) in [5.41, 5.74) is 2.28. The third-order valence-electron chi connectivity index (χ3n) is 3.77. The van der Waals surface area contributed by atoms with Crippen molar-refractivity contribution in [3.05, 3.63) is 23.3 Å². The molecule has 1 aliphatic rings. The molecule has 9 nitrogen and oxygen atoms in total. The van der Waals surface area contributed by atoms with Crippen LogP contribution in [-0.4, -0.2) is 57.3 Å². The molecule has 0 saturated carbocycles. The van der Waals surface area contributed by atoms with E-state index in [9.17, 15) is 23.1 Å². The highest BCUT2D eigenvalue weighted by atomic mass is 32.2. The van der Waals surface area contributed by atoms with Crippen molar-refractivity contribution in [3.8, 4) is 11.5 Å². The Kier molecular flexibility index (Phi) is 5.62. The van der Waals surface area contributed by atoms with Crippen molar-refractivity contribution in [2.24, 2.45) is 11.0 Å². The van der Waals surface area contributed by atoms with Gasteiger partial charge in [-0.15, -0.1) is 0 Å². The van der Waals surface area contributed by atoms with Crippen molar-refractivity contribution in [3.63, 3.8) is 0 Å². The van der Waals surface area contributed by atoms with Gasteiger partial charge in [0.05, 0.1) is 37.9 Å². The van der Waals surface area contributed by atoms with Gasteiger partial charge < -0.3 is 14.6 Å². The largest absolute Gasteiger partial charge is 0.493 e. The van der Waals surface area contributed by atoms with Crippen molar-refractivity contribution < 1.29 is 32.6 Å². The number of nitrogens with zero attached hydrogens (tertiary/aromatic N) is 1. The van der Waals surface area contributed by atoms with Crippen molar-refractivity contribution >= 4 is 27.9 Å². The summed E-state index contributed by atoms with van der Waals surface area (Å²) in [4.78, 5) is 23.4. The fourth-order valence-corrected chi connectivity index (χ4v) is 4.27. The van der Waals surface area contributed by atoms with Crippen LogP contribution in [0.25, 0.3) is 0 Å². The van der Waals surface area contributed by atoms with Crippen LogP contribution < -0.4 is 14.9 Å². The van der Waals surface area contributed by atoms with Gasteiger partial charge in [-0.25, -0.2) is 18.6 Å². The Bertz CT molecular complexity index is 817. The maximum Gasteiger partial charge on any atom is 0.340 e. The number of hydrazone groups is 1. The van der Waals surface area contributed by atoms with Gasteiger partial charge in [-0.2, -0.15) is 5.10 Å². The van der Waals surface area contributed by atoms with E-state index in [4.69, 9.17) is 9.47 Å². The average molecular weight is 370 g/mol. The Morgan fingerprint density at radius 2 is 2.04 bits per heavy atom. The van der Waals surface area contributed by atoms with Crippen LogP contribution in [0, 0.1) is 5.92 Å². The number of nitrogens with one attached hydrogen (secondary N) is 1. The molecule has 0 unspecified atom stereocenters. The number of methoxy groups -OCH3 is 2. The number of carboxylic acids is 1. The highest BCUT2D eigenvalue weighted by Gasteiger charge is 2.32. The lowest BCUT2D eigenvalue weighted by molar-refractivity contribution is -0.124. The number of amides is 1. The topological polar surface area (TPSA) is 131 Å². The zero-order valence-corrected chi connectivity index (χ0v) is 14.5. The van der Waals surface area contributed by atoms with Gasteiger partial charge in [0.25, 0.3) is 0 Å². The standard InChI is InChI=1S/C15H18N2O7S/c1-23-11-4-3-9(12(15(19)20)13(11)24-2)7-16-17-14(18)10-5-6-25(21,22)8-10/h3-4,7,10H,5-6,8H2,1-2H3,(H,17,18)(H,19,20)/b16-7-/t10-/m1/s1. The van der Waals surface area contributed by atoms with Gasteiger partial charge in [-0.3, -0.25) is 4.79 Å². The molecule has 1 amide bonds. The molecule has 1 aromatic rings. The lowest BCUT2D eigenvalue weighted by Crippen LogP contribution is -2.27. The van der Waals surface area contributed by atoms with Crippen LogP contribution in [0.15, 0.2) is 17.2 Å². The molecular formula is C15H18N2O7S. The van der Waals surface area contributed by atoms with Crippen molar-refractivity contribution in [1.82, 2.24) is 5.43 Å². The van der Waals surface area contributed by atoms with Crippen LogP contribution in [0.2, 0.25) is 0 Å². The number of benzene rings is 1. The summed E-state index contributed by atoms with van der Waals surface area (Å²) in [6, 6.07) is 2.97. The molecule has 1 aromatic carbocycles. The van der Waals surface area contributed by atoms with Gasteiger partial charge >= 0.3 is 5.97 Å². The third kappa shape index (κ3) is 4.27. The van der Waals surface area contributed by atoms with E-state index in [1.165, 1.54) is 26.4 Å². The maximum absolute atomic E-state index is 11.9. The van der Waals surface area contributed by atoms with Crippen LogP contribution in [0.5, 0.6) is 11.5 Å². The molecule has 1 saturated heterocycles. The summed E-state index contributed by atoms with van der Waals surface area (Å²) in [6.07, 6.45) is 1.41. The predicted octanol–water partition coefficient (Wildman–Crippen LogP) is 0.287. The third-order valence-corrected chi connectivity index (χ3v) is 5.54. The van der Waals surface area contributed by atoms with Crippen LogP contribution in [0.1, 0.15) is 22.3 Å². The van der Waals surface area contributed by atoms with Crippen molar-refractivity contribution in [2.45, 2.75) is 6.42 Å². The zero-order chi connectivity index (χ0) is 18.6. The Labute approximate surface area is 144 Å². The molecular weight excluding hydrogens is 352 g/mol. The Morgan fingerprint density at radius 3 is 2.56 bits per heavy atom. The van der Waals surface area contributed by atoms with E-state index in [0.717, 1.165) is 6.21 Å². The van der Waals surface area contributed by atoms with E-state index in [1.54, 1.807) is 0 Å². The highest BCUT2D eigenvalue weighted by molar-refractivity contribution is 7.91. The van der Waals surface area contributed by atoms with Crippen LogP contribution >= 0.6 is 0 Å². The highest BCUT2D eigenvalue weighted by Crippen LogP contribution is 2.32. The lowest BCUT2D eigenvalue weighted by Gasteiger charge is -2.12. The zero-order valence-electron chi connectivity index (χ0n) is 13.7. The van der Waals surface area contributed by atoms with Crippen molar-refractivity contribution in [1.29, 1.82) is 0 Å². The molecule has 1 atom stereocenters. The number of hydrogen-bond donors (Lipinski definition) is 2. The van der Waals surface area contributed by atoms with Gasteiger partial charge in [0.15, 0.2) is 21.3 Å². The average Bonchev–Trinajstić information content (AvgIpc) is 2.93. The number of carboxylic acid groups (broad SMARTS) is 1. The quantitative estimate of drug-likeness (QED) is 0.543. The minimum Gasteiger partial charge on any atom is -0.493 e. The van der Waals surface area contributed by atoms with E-state index in [2.05, 4.69) is 10.5 Å². The number of aromatic carboxylic acids is 1. The SMILES string of the molecule is COc1ccc(/C=N\NC(=O)[C@@H]2CCS(=O)(=O)C2)c(C(=O)O)c1OC. The monoisotopic (exact) mass is 370 g/mol. The second kappa shape index (κ2) is 7.51. The molecule has 10 heteroatoms. The number of sulfone groups is 1. The van der Waals surface area contributed by atoms with Crippen LogP contribution in [-0.2, 0) is 14.6 Å². The molecule has 1 fully saturated rings. The summed E-state index contributed by atoms with van der Waals surface area (Å²) >= 11 is 0. The van der Waals surface area contributed by atoms with Crippen molar-refractivity contribution in [2.75, 3.05) is 25.7 Å². The minimum atomic E-state index is -3.17. The number of carbonyl (C=O) groups is 2. The molecule has 25 heavy (non-hydrogen) atoms. The molecule has 0 radical (unpaired) electrons. The lowest BCUT2D eigenvalue weighted by atomic mass is 10.1. The fourth-order valence-electron chi connectivity index (χ4n) is 2.53. The number of hydrogen-bond acceptors (Lipinski definition) is 7.